The van der Waals surface area contributed by atoms with E-state index in [0.29, 0.717) is 5.69 Å². The van der Waals surface area contributed by atoms with E-state index < -0.39 is 17.7 Å². The van der Waals surface area contributed by atoms with Crippen LogP contribution >= 0.6 is 11.6 Å². The average Bonchev–Trinajstić information content (AvgIpc) is 2.57. The quantitative estimate of drug-likeness (QED) is 0.577. The van der Waals surface area contributed by atoms with Crippen LogP contribution in [0.5, 0.6) is 0 Å². The molecular weight excluding hydrogens is 369 g/mol. The Morgan fingerprint density at radius 2 is 2.08 bits per heavy atom. The van der Waals surface area contributed by atoms with E-state index in [0.717, 1.165) is 17.7 Å². The van der Waals surface area contributed by atoms with Gasteiger partial charge in [-0.25, -0.2) is 4.79 Å². The van der Waals surface area contributed by atoms with E-state index >= 15 is 0 Å². The largest absolute Gasteiger partial charge is 0.461 e. The molecule has 0 spiro atoms. The molecule has 138 valence electrons. The molecule has 2 aromatic rings. The Bertz CT molecular complexity index is 835. The van der Waals surface area contributed by atoms with Gasteiger partial charge in [0.2, 0.25) is 0 Å². The highest BCUT2D eigenvalue weighted by atomic mass is 35.5. The molecule has 26 heavy (non-hydrogen) atoms. The van der Waals surface area contributed by atoms with Crippen molar-refractivity contribution < 1.29 is 22.7 Å². The third kappa shape index (κ3) is 4.98. The summed E-state index contributed by atoms with van der Waals surface area (Å²) < 4.78 is 43.3. The Morgan fingerprint density at radius 3 is 2.65 bits per heavy atom. The molecule has 0 aliphatic rings. The Hall–Kier alpha value is -2.54. The summed E-state index contributed by atoms with van der Waals surface area (Å²) in [5.74, 6) is -0.660. The molecule has 0 saturated heterocycles. The topological polar surface area (TPSA) is 51.2 Å². The molecule has 4 nitrogen and oxygen atoms in total. The Balaban J connectivity index is 2.42. The predicted octanol–water partition coefficient (Wildman–Crippen LogP) is 5.08. The molecule has 0 amide bonds. The number of aromatic nitrogens is 1. The van der Waals surface area contributed by atoms with E-state index in [1.165, 1.54) is 18.3 Å². The first-order chi connectivity index (χ1) is 12.2. The normalized spacial score (nSPS) is 12.0. The summed E-state index contributed by atoms with van der Waals surface area (Å²) in [6.45, 7) is 3.61. The van der Waals surface area contributed by atoms with E-state index in [-0.39, 0.29) is 22.9 Å². The summed E-state index contributed by atoms with van der Waals surface area (Å²) >= 11 is 5.96. The van der Waals surface area contributed by atoms with Gasteiger partial charge in [0, 0.05) is 11.2 Å². The minimum Gasteiger partial charge on any atom is -0.461 e. The van der Waals surface area contributed by atoms with Crippen molar-refractivity contribution in [3.8, 4) is 0 Å². The first kappa shape index (κ1) is 19.8. The fourth-order valence-electron chi connectivity index (χ4n) is 2.07. The number of pyridine rings is 1. The van der Waals surface area contributed by atoms with Crippen LogP contribution in [0.25, 0.3) is 6.08 Å². The summed E-state index contributed by atoms with van der Waals surface area (Å²) in [4.78, 5) is 16.2. The molecule has 1 heterocycles. The predicted molar refractivity (Wildman–Crippen MR) is 93.7 cm³/mol. The lowest BCUT2D eigenvalue weighted by atomic mass is 10.1. The molecule has 0 atom stereocenters. The van der Waals surface area contributed by atoms with Gasteiger partial charge in [0.25, 0.3) is 0 Å². The minimum atomic E-state index is -4.50. The number of esters is 1. The molecule has 1 aromatic heterocycles. The number of nitrogens with zero attached hydrogens (tertiary/aromatic N) is 1. The molecule has 0 radical (unpaired) electrons. The van der Waals surface area contributed by atoms with Crippen LogP contribution in [0.4, 0.5) is 18.9 Å². The molecule has 1 aromatic carbocycles. The van der Waals surface area contributed by atoms with Crippen molar-refractivity contribution in [1.29, 1.82) is 0 Å². The second-order valence-corrected chi connectivity index (χ2v) is 5.74. The van der Waals surface area contributed by atoms with Crippen LogP contribution < -0.4 is 5.32 Å². The van der Waals surface area contributed by atoms with Crippen LogP contribution in [0.3, 0.4) is 0 Å². The number of rotatable bonds is 5. The molecule has 2 rings (SSSR count). The van der Waals surface area contributed by atoms with Gasteiger partial charge in [-0.1, -0.05) is 17.7 Å². The van der Waals surface area contributed by atoms with Crippen LogP contribution in [0, 0.1) is 6.92 Å². The lowest BCUT2D eigenvalue weighted by Gasteiger charge is -2.13. The van der Waals surface area contributed by atoms with E-state index in [1.54, 1.807) is 19.2 Å². The van der Waals surface area contributed by atoms with Crippen molar-refractivity contribution >= 4 is 29.3 Å². The molecular formula is C18H16ClF3N2O2. The van der Waals surface area contributed by atoms with Crippen molar-refractivity contribution in [2.45, 2.75) is 20.0 Å². The van der Waals surface area contributed by atoms with Crippen molar-refractivity contribution in [3.63, 3.8) is 0 Å². The Morgan fingerprint density at radius 1 is 1.35 bits per heavy atom. The SMILES string of the molecule is CCOC(=O)/C(=C\c1ccc(C(F)(F)F)cc1Cl)Nc1cnccc1C. The average molecular weight is 385 g/mol. The number of hydrogen-bond donors (Lipinski definition) is 1. The van der Waals surface area contributed by atoms with Crippen molar-refractivity contribution in [2.75, 3.05) is 11.9 Å². The van der Waals surface area contributed by atoms with Gasteiger partial charge in [-0.3, -0.25) is 4.98 Å². The van der Waals surface area contributed by atoms with E-state index in [2.05, 4.69) is 10.3 Å². The lowest BCUT2D eigenvalue weighted by Crippen LogP contribution is -2.15. The zero-order valence-electron chi connectivity index (χ0n) is 14.0. The Kier molecular flexibility index (Phi) is 6.26. The van der Waals surface area contributed by atoms with E-state index in [1.807, 2.05) is 6.92 Å². The first-order valence-corrected chi connectivity index (χ1v) is 8.03. The number of nitrogens with one attached hydrogen (secondary N) is 1. The maximum Gasteiger partial charge on any atom is 0.416 e. The van der Waals surface area contributed by atoms with Gasteiger partial charge in [0.1, 0.15) is 5.70 Å². The number of anilines is 1. The standard InChI is InChI=1S/C18H16ClF3N2O2/c1-3-26-17(25)15(24-16-10-23-7-6-11(16)2)8-12-4-5-13(9-14(12)19)18(20,21)22/h4-10,24H,3H2,1-2H3/b15-8+. The second-order valence-electron chi connectivity index (χ2n) is 5.33. The number of halogens is 4. The number of carbonyl (C=O) groups excluding carboxylic acids is 1. The maximum absolute atomic E-state index is 12.8. The number of hydrogen-bond acceptors (Lipinski definition) is 4. The van der Waals surface area contributed by atoms with E-state index in [9.17, 15) is 18.0 Å². The highest BCUT2D eigenvalue weighted by molar-refractivity contribution is 6.32. The summed E-state index contributed by atoms with van der Waals surface area (Å²) in [6, 6.07) is 4.65. The number of carbonyl (C=O) groups is 1. The van der Waals surface area contributed by atoms with Crippen LogP contribution in [0.2, 0.25) is 5.02 Å². The third-order valence-corrected chi connectivity index (χ3v) is 3.76. The fraction of sp³-hybridized carbons (Fsp3) is 0.222. The number of ether oxygens (including phenoxy) is 1. The highest BCUT2D eigenvalue weighted by Crippen LogP contribution is 2.32. The van der Waals surface area contributed by atoms with Crippen molar-refractivity contribution in [3.05, 3.63) is 64.1 Å². The van der Waals surface area contributed by atoms with Gasteiger partial charge >= 0.3 is 12.1 Å². The van der Waals surface area contributed by atoms with Crippen molar-refractivity contribution in [1.82, 2.24) is 4.98 Å². The van der Waals surface area contributed by atoms with Crippen LogP contribution in [0.1, 0.15) is 23.6 Å². The molecule has 0 aliphatic carbocycles. The lowest BCUT2D eigenvalue weighted by molar-refractivity contribution is -0.138. The summed E-state index contributed by atoms with van der Waals surface area (Å²) in [7, 11) is 0. The van der Waals surface area contributed by atoms with Crippen LogP contribution in [-0.2, 0) is 15.7 Å². The molecule has 0 bridgehead atoms. The Labute approximate surface area is 153 Å². The monoisotopic (exact) mass is 384 g/mol. The van der Waals surface area contributed by atoms with Crippen LogP contribution in [-0.4, -0.2) is 17.6 Å². The number of alkyl halides is 3. The minimum absolute atomic E-state index is 0.0320. The van der Waals surface area contributed by atoms with Gasteiger partial charge in [-0.15, -0.1) is 0 Å². The molecule has 0 aliphatic heterocycles. The zero-order chi connectivity index (χ0) is 19.3. The maximum atomic E-state index is 12.8. The van der Waals surface area contributed by atoms with E-state index in [4.69, 9.17) is 16.3 Å². The molecule has 0 fully saturated rings. The zero-order valence-corrected chi connectivity index (χ0v) is 14.8. The van der Waals surface area contributed by atoms with Crippen LogP contribution in [0.15, 0.2) is 42.4 Å². The van der Waals surface area contributed by atoms with Gasteiger partial charge in [0.15, 0.2) is 0 Å². The second kappa shape index (κ2) is 8.23. The number of aryl methyl sites for hydroxylation is 1. The van der Waals surface area contributed by atoms with Gasteiger partial charge in [-0.2, -0.15) is 13.2 Å². The molecule has 1 N–H and O–H groups in total. The molecule has 0 unspecified atom stereocenters. The highest BCUT2D eigenvalue weighted by Gasteiger charge is 2.30. The summed E-state index contributed by atoms with van der Waals surface area (Å²) in [5, 5.41) is 2.76. The van der Waals surface area contributed by atoms with Gasteiger partial charge in [0.05, 0.1) is 24.1 Å². The smallest absolute Gasteiger partial charge is 0.416 e. The summed E-state index contributed by atoms with van der Waals surface area (Å²) in [5.41, 5.74) is 0.804. The van der Waals surface area contributed by atoms with Gasteiger partial charge in [-0.05, 0) is 49.2 Å². The van der Waals surface area contributed by atoms with Crippen molar-refractivity contribution in [2.24, 2.45) is 0 Å². The number of benzene rings is 1. The fourth-order valence-corrected chi connectivity index (χ4v) is 2.31. The third-order valence-electron chi connectivity index (χ3n) is 3.43. The van der Waals surface area contributed by atoms with Gasteiger partial charge < -0.3 is 10.1 Å². The summed E-state index contributed by atoms with van der Waals surface area (Å²) in [6.07, 6.45) is -0.0361. The first-order valence-electron chi connectivity index (χ1n) is 7.65. The molecule has 0 saturated carbocycles. The molecule has 8 heteroatoms.